The van der Waals surface area contributed by atoms with Crippen LogP contribution in [0.15, 0.2) is 35.1 Å². The second-order valence-electron chi connectivity index (χ2n) is 4.97. The number of aromatic nitrogens is 4. The summed E-state index contributed by atoms with van der Waals surface area (Å²) in [5.74, 6) is 1.63. The smallest absolute Gasteiger partial charge is 0.246 e. The molecule has 3 aromatic rings. The topological polar surface area (TPSA) is 66.0 Å². The van der Waals surface area contributed by atoms with E-state index in [9.17, 15) is 0 Å². The van der Waals surface area contributed by atoms with Gasteiger partial charge in [-0.15, -0.1) is 0 Å². The number of para-hydroxylation sites is 2. The highest BCUT2D eigenvalue weighted by atomic mass is 16.5. The van der Waals surface area contributed by atoms with Gasteiger partial charge in [-0.2, -0.15) is 4.98 Å². The largest absolute Gasteiger partial charge is 0.381 e. The number of imidazole rings is 1. The molecular weight excluding hydrogens is 256 g/mol. The zero-order valence-corrected chi connectivity index (χ0v) is 10.9. The van der Waals surface area contributed by atoms with Gasteiger partial charge in [-0.1, -0.05) is 17.3 Å². The minimum absolute atomic E-state index is 0.270. The molecule has 0 aliphatic carbocycles. The molecule has 1 aliphatic rings. The Labute approximate surface area is 115 Å². The van der Waals surface area contributed by atoms with Gasteiger partial charge in [0, 0.05) is 12.5 Å². The van der Waals surface area contributed by atoms with Gasteiger partial charge in [-0.05, 0) is 18.6 Å². The van der Waals surface area contributed by atoms with Crippen LogP contribution in [-0.4, -0.2) is 32.9 Å². The fraction of sp³-hybridized carbons (Fsp3) is 0.357. The fourth-order valence-electron chi connectivity index (χ4n) is 2.52. The van der Waals surface area contributed by atoms with Crippen molar-refractivity contribution in [3.8, 4) is 0 Å². The first kappa shape index (κ1) is 11.6. The molecule has 0 spiro atoms. The number of nitrogens with zero attached hydrogens (tertiary/aromatic N) is 4. The van der Waals surface area contributed by atoms with Crippen molar-refractivity contribution in [2.45, 2.75) is 18.9 Å². The Morgan fingerprint density at radius 3 is 3.15 bits per heavy atom. The normalized spacial score (nSPS) is 18.9. The SMILES string of the molecule is c1ccc2c(c1)ncn2Cc1nc([C@H]2CCOC2)no1. The summed E-state index contributed by atoms with van der Waals surface area (Å²) < 4.78 is 12.7. The zero-order chi connectivity index (χ0) is 13.4. The van der Waals surface area contributed by atoms with Gasteiger partial charge < -0.3 is 13.8 Å². The predicted octanol–water partition coefficient (Wildman–Crippen LogP) is 1.97. The van der Waals surface area contributed by atoms with Gasteiger partial charge in [0.25, 0.3) is 0 Å². The minimum atomic E-state index is 0.270. The van der Waals surface area contributed by atoms with Crippen LogP contribution in [0.2, 0.25) is 0 Å². The molecular formula is C14H14N4O2. The molecule has 0 saturated carbocycles. The second kappa shape index (κ2) is 4.72. The van der Waals surface area contributed by atoms with Gasteiger partial charge in [0.15, 0.2) is 5.82 Å². The molecule has 6 heteroatoms. The van der Waals surface area contributed by atoms with Gasteiger partial charge in [0.05, 0.1) is 24.0 Å². The Balaban J connectivity index is 1.59. The molecule has 0 amide bonds. The van der Waals surface area contributed by atoms with E-state index in [0.29, 0.717) is 19.0 Å². The summed E-state index contributed by atoms with van der Waals surface area (Å²) in [4.78, 5) is 8.82. The van der Waals surface area contributed by atoms with Crippen LogP contribution in [0.5, 0.6) is 0 Å². The monoisotopic (exact) mass is 270 g/mol. The molecule has 1 fully saturated rings. The van der Waals surface area contributed by atoms with Crippen molar-refractivity contribution in [1.82, 2.24) is 19.7 Å². The van der Waals surface area contributed by atoms with E-state index in [4.69, 9.17) is 9.26 Å². The van der Waals surface area contributed by atoms with E-state index in [-0.39, 0.29) is 5.92 Å². The standard InChI is InChI=1S/C14H14N4O2/c1-2-4-12-11(3-1)15-9-18(12)7-13-16-14(17-20-13)10-5-6-19-8-10/h1-4,9-10H,5-8H2/t10-/m0/s1. The summed E-state index contributed by atoms with van der Waals surface area (Å²) in [7, 11) is 0. The van der Waals surface area contributed by atoms with E-state index in [1.54, 1.807) is 6.33 Å². The number of hydrogen-bond donors (Lipinski definition) is 0. The number of ether oxygens (including phenoxy) is 1. The number of rotatable bonds is 3. The van der Waals surface area contributed by atoms with Crippen molar-refractivity contribution in [2.24, 2.45) is 0 Å². The van der Waals surface area contributed by atoms with Crippen molar-refractivity contribution in [1.29, 1.82) is 0 Å². The molecule has 0 bridgehead atoms. The van der Waals surface area contributed by atoms with E-state index in [1.165, 1.54) is 0 Å². The summed E-state index contributed by atoms with van der Waals surface area (Å²) in [6.07, 6.45) is 2.76. The molecule has 0 unspecified atom stereocenters. The third kappa shape index (κ3) is 1.98. The molecule has 1 saturated heterocycles. The average molecular weight is 270 g/mol. The Hall–Kier alpha value is -2.21. The highest BCUT2D eigenvalue weighted by Gasteiger charge is 2.23. The maximum absolute atomic E-state index is 5.35. The third-order valence-corrected chi connectivity index (χ3v) is 3.61. The minimum Gasteiger partial charge on any atom is -0.381 e. The van der Waals surface area contributed by atoms with E-state index >= 15 is 0 Å². The quantitative estimate of drug-likeness (QED) is 0.728. The maximum atomic E-state index is 5.35. The maximum Gasteiger partial charge on any atom is 0.246 e. The van der Waals surface area contributed by atoms with Crippen molar-refractivity contribution >= 4 is 11.0 Å². The highest BCUT2D eigenvalue weighted by molar-refractivity contribution is 5.74. The van der Waals surface area contributed by atoms with Gasteiger partial charge in [0.2, 0.25) is 5.89 Å². The van der Waals surface area contributed by atoms with Gasteiger partial charge in [0.1, 0.15) is 6.54 Å². The molecule has 1 aliphatic heterocycles. The number of fused-ring (bicyclic) bond motifs is 1. The molecule has 0 N–H and O–H groups in total. The first-order valence-corrected chi connectivity index (χ1v) is 6.70. The molecule has 1 atom stereocenters. The van der Waals surface area contributed by atoms with Crippen LogP contribution < -0.4 is 0 Å². The van der Waals surface area contributed by atoms with Crippen LogP contribution in [-0.2, 0) is 11.3 Å². The average Bonchev–Trinajstić information content (AvgIpc) is 3.19. The summed E-state index contributed by atoms with van der Waals surface area (Å²) in [5.41, 5.74) is 2.04. The summed E-state index contributed by atoms with van der Waals surface area (Å²) >= 11 is 0. The molecule has 4 rings (SSSR count). The molecule has 20 heavy (non-hydrogen) atoms. The molecule has 0 radical (unpaired) electrons. The van der Waals surface area contributed by atoms with E-state index in [0.717, 1.165) is 29.9 Å². The predicted molar refractivity (Wildman–Crippen MR) is 71.3 cm³/mol. The van der Waals surface area contributed by atoms with E-state index in [2.05, 4.69) is 15.1 Å². The van der Waals surface area contributed by atoms with Gasteiger partial charge >= 0.3 is 0 Å². The summed E-state index contributed by atoms with van der Waals surface area (Å²) in [6, 6.07) is 7.99. The van der Waals surface area contributed by atoms with Crippen molar-refractivity contribution in [3.63, 3.8) is 0 Å². The Morgan fingerprint density at radius 1 is 1.30 bits per heavy atom. The van der Waals surface area contributed by atoms with Crippen LogP contribution in [0.1, 0.15) is 24.1 Å². The Kier molecular flexibility index (Phi) is 2.74. The van der Waals surface area contributed by atoms with Crippen LogP contribution >= 0.6 is 0 Å². The zero-order valence-electron chi connectivity index (χ0n) is 10.9. The van der Waals surface area contributed by atoms with Gasteiger partial charge in [-0.25, -0.2) is 4.98 Å². The summed E-state index contributed by atoms with van der Waals surface area (Å²) in [6.45, 7) is 2.01. The van der Waals surface area contributed by atoms with Crippen LogP contribution in [0, 0.1) is 0 Å². The van der Waals surface area contributed by atoms with Crippen LogP contribution in [0.4, 0.5) is 0 Å². The van der Waals surface area contributed by atoms with E-state index < -0.39 is 0 Å². The molecule has 102 valence electrons. The van der Waals surface area contributed by atoms with Crippen molar-refractivity contribution in [3.05, 3.63) is 42.3 Å². The first-order chi connectivity index (χ1) is 9.90. The molecule has 3 heterocycles. The van der Waals surface area contributed by atoms with Crippen LogP contribution in [0.25, 0.3) is 11.0 Å². The lowest BCUT2D eigenvalue weighted by atomic mass is 10.1. The van der Waals surface area contributed by atoms with Gasteiger partial charge in [-0.3, -0.25) is 0 Å². The Bertz CT molecular complexity index is 727. The summed E-state index contributed by atoms with van der Waals surface area (Å²) in [5, 5.41) is 4.06. The first-order valence-electron chi connectivity index (χ1n) is 6.70. The van der Waals surface area contributed by atoms with Crippen LogP contribution in [0.3, 0.4) is 0 Å². The lowest BCUT2D eigenvalue weighted by Gasteiger charge is -1.99. The fourth-order valence-corrected chi connectivity index (χ4v) is 2.52. The lowest BCUT2D eigenvalue weighted by Crippen LogP contribution is -2.02. The highest BCUT2D eigenvalue weighted by Crippen LogP contribution is 2.22. The van der Waals surface area contributed by atoms with Crippen molar-refractivity contribution < 1.29 is 9.26 Å². The molecule has 6 nitrogen and oxygen atoms in total. The Morgan fingerprint density at radius 2 is 2.25 bits per heavy atom. The number of benzene rings is 1. The lowest BCUT2D eigenvalue weighted by molar-refractivity contribution is 0.192. The van der Waals surface area contributed by atoms with Crippen molar-refractivity contribution in [2.75, 3.05) is 13.2 Å². The third-order valence-electron chi connectivity index (χ3n) is 3.61. The molecule has 2 aromatic heterocycles. The second-order valence-corrected chi connectivity index (χ2v) is 4.97. The number of hydrogen-bond acceptors (Lipinski definition) is 5. The van der Waals surface area contributed by atoms with E-state index in [1.807, 2.05) is 28.8 Å². The molecule has 1 aromatic carbocycles.